The highest BCUT2D eigenvalue weighted by molar-refractivity contribution is 5.99. The summed E-state index contributed by atoms with van der Waals surface area (Å²) in [6, 6.07) is 6.21. The van der Waals surface area contributed by atoms with Crippen molar-refractivity contribution in [2.45, 2.75) is 53.6 Å². The van der Waals surface area contributed by atoms with Gasteiger partial charge in [-0.3, -0.25) is 4.79 Å². The summed E-state index contributed by atoms with van der Waals surface area (Å²) < 4.78 is 2.29. The molecule has 108 valence electrons. The van der Waals surface area contributed by atoms with E-state index in [-0.39, 0.29) is 11.9 Å². The second-order valence-electron chi connectivity index (χ2n) is 5.47. The van der Waals surface area contributed by atoms with Crippen molar-refractivity contribution in [3.05, 3.63) is 35.0 Å². The molecule has 20 heavy (non-hydrogen) atoms. The minimum atomic E-state index is 0.0163. The number of carbonyl (C=O) groups is 1. The molecule has 0 saturated carbocycles. The topological polar surface area (TPSA) is 34.0 Å². The molecule has 0 aliphatic carbocycles. The monoisotopic (exact) mass is 272 g/mol. The lowest BCUT2D eigenvalue weighted by molar-refractivity contribution is 0.0939. The third-order valence-electron chi connectivity index (χ3n) is 4.21. The van der Waals surface area contributed by atoms with Gasteiger partial charge in [0.15, 0.2) is 0 Å². The number of amides is 1. The molecule has 0 aliphatic rings. The predicted octanol–water partition coefficient (Wildman–Crippen LogP) is 3.81. The van der Waals surface area contributed by atoms with Gasteiger partial charge in [0.05, 0.1) is 0 Å². The molecule has 0 unspecified atom stereocenters. The Labute approximate surface area is 121 Å². The van der Waals surface area contributed by atoms with Crippen LogP contribution in [-0.4, -0.2) is 16.5 Å². The van der Waals surface area contributed by atoms with E-state index >= 15 is 0 Å². The normalized spacial score (nSPS) is 12.7. The lowest BCUT2D eigenvalue weighted by Crippen LogP contribution is -2.31. The van der Waals surface area contributed by atoms with E-state index in [0.29, 0.717) is 0 Å². The highest BCUT2D eigenvalue weighted by atomic mass is 16.1. The van der Waals surface area contributed by atoms with Crippen LogP contribution in [0.3, 0.4) is 0 Å². The standard InChI is InChI=1S/C17H24N2O/c1-6-11(3)18-17(20)14-8-9-16-15(10-14)12(4)13(5)19(16)7-2/h8-11H,6-7H2,1-5H3,(H,18,20)/t11-/m1/s1. The molecule has 0 spiro atoms. The van der Waals surface area contributed by atoms with Gasteiger partial charge in [-0.05, 0) is 57.9 Å². The minimum absolute atomic E-state index is 0.0163. The Morgan fingerprint density at radius 3 is 2.60 bits per heavy atom. The van der Waals surface area contributed by atoms with E-state index in [1.807, 2.05) is 19.1 Å². The van der Waals surface area contributed by atoms with Crippen molar-refractivity contribution in [3.8, 4) is 0 Å². The van der Waals surface area contributed by atoms with Gasteiger partial charge in [0.1, 0.15) is 0 Å². The molecule has 1 amide bonds. The molecule has 1 heterocycles. The summed E-state index contributed by atoms with van der Waals surface area (Å²) in [7, 11) is 0. The molecule has 0 fully saturated rings. The first kappa shape index (κ1) is 14.6. The zero-order chi connectivity index (χ0) is 14.9. The number of hydrogen-bond acceptors (Lipinski definition) is 1. The highest BCUT2D eigenvalue weighted by Gasteiger charge is 2.13. The molecule has 1 atom stereocenters. The molecule has 0 bridgehead atoms. The van der Waals surface area contributed by atoms with Gasteiger partial charge < -0.3 is 9.88 Å². The molecule has 0 aliphatic heterocycles. The van der Waals surface area contributed by atoms with E-state index in [9.17, 15) is 4.79 Å². The van der Waals surface area contributed by atoms with E-state index in [0.717, 1.165) is 18.5 Å². The summed E-state index contributed by atoms with van der Waals surface area (Å²) in [5.41, 5.74) is 4.50. The summed E-state index contributed by atoms with van der Waals surface area (Å²) in [6.07, 6.45) is 0.943. The van der Waals surface area contributed by atoms with Crippen LogP contribution in [0.5, 0.6) is 0 Å². The van der Waals surface area contributed by atoms with Crippen LogP contribution in [0, 0.1) is 13.8 Å². The summed E-state index contributed by atoms with van der Waals surface area (Å²) in [5, 5.41) is 4.20. The molecule has 3 nitrogen and oxygen atoms in total. The Balaban J connectivity index is 2.44. The first-order valence-electron chi connectivity index (χ1n) is 7.39. The summed E-state index contributed by atoms with van der Waals surface area (Å²) in [6.45, 7) is 11.5. The first-order valence-corrected chi connectivity index (χ1v) is 7.39. The molecule has 1 aromatic heterocycles. The maximum absolute atomic E-state index is 12.2. The molecular weight excluding hydrogens is 248 g/mol. The fourth-order valence-electron chi connectivity index (χ4n) is 2.61. The molecule has 2 aromatic rings. The Kier molecular flexibility index (Phi) is 4.17. The smallest absolute Gasteiger partial charge is 0.251 e. The molecule has 3 heteroatoms. The van der Waals surface area contributed by atoms with Gasteiger partial charge in [-0.15, -0.1) is 0 Å². The van der Waals surface area contributed by atoms with Gasteiger partial charge in [0.25, 0.3) is 5.91 Å². The SMILES string of the molecule is CC[C@@H](C)NC(=O)c1ccc2c(c1)c(C)c(C)n2CC. The Morgan fingerprint density at radius 2 is 2.00 bits per heavy atom. The fraction of sp³-hybridized carbons (Fsp3) is 0.471. The maximum atomic E-state index is 12.2. The largest absolute Gasteiger partial charge is 0.350 e. The number of hydrogen-bond donors (Lipinski definition) is 1. The van der Waals surface area contributed by atoms with Crippen LogP contribution in [0.2, 0.25) is 0 Å². The quantitative estimate of drug-likeness (QED) is 0.902. The number of fused-ring (bicyclic) bond motifs is 1. The third-order valence-corrected chi connectivity index (χ3v) is 4.21. The number of carbonyl (C=O) groups excluding carboxylic acids is 1. The Bertz CT molecular complexity index is 640. The van der Waals surface area contributed by atoms with Crippen molar-refractivity contribution < 1.29 is 4.79 Å². The molecule has 1 N–H and O–H groups in total. The van der Waals surface area contributed by atoms with Crippen molar-refractivity contribution in [3.63, 3.8) is 0 Å². The van der Waals surface area contributed by atoms with Crippen molar-refractivity contribution in [2.24, 2.45) is 0 Å². The number of aryl methyl sites for hydroxylation is 2. The van der Waals surface area contributed by atoms with Crippen molar-refractivity contribution in [2.75, 3.05) is 0 Å². The molecule has 0 saturated heterocycles. The van der Waals surface area contributed by atoms with Gasteiger partial charge >= 0.3 is 0 Å². The van der Waals surface area contributed by atoms with Gasteiger partial charge in [-0.2, -0.15) is 0 Å². The average molecular weight is 272 g/mol. The minimum Gasteiger partial charge on any atom is -0.350 e. The molecule has 1 aromatic carbocycles. The zero-order valence-corrected chi connectivity index (χ0v) is 13.1. The van der Waals surface area contributed by atoms with Gasteiger partial charge in [-0.1, -0.05) is 6.92 Å². The van der Waals surface area contributed by atoms with Crippen molar-refractivity contribution in [1.29, 1.82) is 0 Å². The Morgan fingerprint density at radius 1 is 1.30 bits per heavy atom. The molecule has 2 rings (SSSR count). The number of nitrogens with one attached hydrogen (secondary N) is 1. The summed E-state index contributed by atoms with van der Waals surface area (Å²) in [4.78, 5) is 12.2. The van der Waals surface area contributed by atoms with Crippen LogP contribution in [0.4, 0.5) is 0 Å². The van der Waals surface area contributed by atoms with E-state index in [1.54, 1.807) is 0 Å². The van der Waals surface area contributed by atoms with E-state index in [4.69, 9.17) is 0 Å². The number of benzene rings is 1. The first-order chi connectivity index (χ1) is 9.49. The number of rotatable bonds is 4. The maximum Gasteiger partial charge on any atom is 0.251 e. The summed E-state index contributed by atoms with van der Waals surface area (Å²) in [5.74, 6) is 0.0163. The Hall–Kier alpha value is -1.77. The predicted molar refractivity (Wildman–Crippen MR) is 84.3 cm³/mol. The van der Waals surface area contributed by atoms with Crippen LogP contribution < -0.4 is 5.32 Å². The lowest BCUT2D eigenvalue weighted by atomic mass is 10.1. The second kappa shape index (κ2) is 5.70. The van der Waals surface area contributed by atoms with Crippen LogP contribution >= 0.6 is 0 Å². The van der Waals surface area contributed by atoms with E-state index in [2.05, 4.69) is 43.6 Å². The van der Waals surface area contributed by atoms with Crippen LogP contribution in [-0.2, 0) is 6.54 Å². The van der Waals surface area contributed by atoms with Crippen molar-refractivity contribution in [1.82, 2.24) is 9.88 Å². The second-order valence-corrected chi connectivity index (χ2v) is 5.47. The van der Waals surface area contributed by atoms with Crippen LogP contribution in [0.25, 0.3) is 10.9 Å². The van der Waals surface area contributed by atoms with Crippen LogP contribution in [0.1, 0.15) is 48.8 Å². The zero-order valence-electron chi connectivity index (χ0n) is 13.1. The molecule has 0 radical (unpaired) electrons. The van der Waals surface area contributed by atoms with E-state index < -0.39 is 0 Å². The van der Waals surface area contributed by atoms with E-state index in [1.165, 1.54) is 22.2 Å². The average Bonchev–Trinajstić information content (AvgIpc) is 2.70. The highest BCUT2D eigenvalue weighted by Crippen LogP contribution is 2.26. The van der Waals surface area contributed by atoms with Gasteiger partial charge in [0, 0.05) is 34.7 Å². The number of aromatic nitrogens is 1. The van der Waals surface area contributed by atoms with Crippen LogP contribution in [0.15, 0.2) is 18.2 Å². The fourth-order valence-corrected chi connectivity index (χ4v) is 2.61. The lowest BCUT2D eigenvalue weighted by Gasteiger charge is -2.11. The van der Waals surface area contributed by atoms with Gasteiger partial charge in [-0.25, -0.2) is 0 Å². The van der Waals surface area contributed by atoms with Gasteiger partial charge in [0.2, 0.25) is 0 Å². The van der Waals surface area contributed by atoms with Crippen molar-refractivity contribution >= 4 is 16.8 Å². The number of nitrogens with zero attached hydrogens (tertiary/aromatic N) is 1. The third kappa shape index (κ3) is 2.45. The summed E-state index contributed by atoms with van der Waals surface area (Å²) >= 11 is 0. The molecular formula is C17H24N2O.